The van der Waals surface area contributed by atoms with Crippen molar-refractivity contribution in [3.63, 3.8) is 0 Å². The highest BCUT2D eigenvalue weighted by atomic mass is 35.5. The van der Waals surface area contributed by atoms with Gasteiger partial charge in [-0.1, -0.05) is 43.5 Å². The fourth-order valence-corrected chi connectivity index (χ4v) is 4.45. The third kappa shape index (κ3) is 4.58. The molecule has 0 amide bonds. The molecular weight excluding hydrogens is 458 g/mol. The van der Waals surface area contributed by atoms with Crippen molar-refractivity contribution < 1.29 is 4.74 Å². The fraction of sp³-hybridized carbons (Fsp3) is 0.292. The maximum absolute atomic E-state index is 13.0. The Bertz CT molecular complexity index is 1350. The van der Waals surface area contributed by atoms with E-state index < -0.39 is 0 Å². The summed E-state index contributed by atoms with van der Waals surface area (Å²) >= 11 is 10.8. The highest BCUT2D eigenvalue weighted by Crippen LogP contribution is 2.26. The van der Waals surface area contributed by atoms with Crippen molar-refractivity contribution in [1.29, 1.82) is 0 Å². The van der Waals surface area contributed by atoms with E-state index in [9.17, 15) is 4.79 Å². The second-order valence-corrected chi connectivity index (χ2v) is 8.98. The number of aromatic nitrogens is 4. The number of halogens is 1. The molecule has 0 radical (unpaired) electrons. The van der Waals surface area contributed by atoms with Crippen LogP contribution in [0.25, 0.3) is 11.2 Å². The summed E-state index contributed by atoms with van der Waals surface area (Å²) in [5, 5.41) is 0.667. The summed E-state index contributed by atoms with van der Waals surface area (Å²) < 4.78 is 8.19. The van der Waals surface area contributed by atoms with E-state index in [0.29, 0.717) is 29.3 Å². The van der Waals surface area contributed by atoms with Gasteiger partial charge in [0.1, 0.15) is 17.6 Å². The summed E-state index contributed by atoms with van der Waals surface area (Å²) in [6, 6.07) is 13.7. The Kier molecular flexibility index (Phi) is 6.67. The van der Waals surface area contributed by atoms with E-state index >= 15 is 0 Å². The molecule has 0 aliphatic rings. The van der Waals surface area contributed by atoms with Gasteiger partial charge in [-0.2, -0.15) is 0 Å². The summed E-state index contributed by atoms with van der Waals surface area (Å²) in [6.07, 6.45) is 1.51. The molecule has 0 spiro atoms. The van der Waals surface area contributed by atoms with E-state index in [2.05, 4.69) is 34.6 Å². The average Bonchev–Trinajstić information content (AvgIpc) is 3.06. The van der Waals surface area contributed by atoms with Crippen LogP contribution in [-0.2, 0) is 6.54 Å². The van der Waals surface area contributed by atoms with Crippen molar-refractivity contribution in [3.8, 4) is 5.75 Å². The van der Waals surface area contributed by atoms with Crippen molar-refractivity contribution in [2.24, 2.45) is 0 Å². The summed E-state index contributed by atoms with van der Waals surface area (Å²) in [7, 11) is 3.68. The number of thiol groups is 1. The second kappa shape index (κ2) is 9.49. The topological polar surface area (TPSA) is 65.2 Å². The molecule has 1 atom stereocenters. The molecule has 4 rings (SSSR count). The van der Waals surface area contributed by atoms with Crippen molar-refractivity contribution >= 4 is 41.3 Å². The molecule has 0 saturated heterocycles. The van der Waals surface area contributed by atoms with Crippen molar-refractivity contribution in [1.82, 2.24) is 18.5 Å². The van der Waals surface area contributed by atoms with Gasteiger partial charge in [-0.25, -0.2) is 18.7 Å². The molecule has 9 heteroatoms. The number of hydrogen-bond donors (Lipinski definition) is 1. The molecule has 33 heavy (non-hydrogen) atoms. The minimum Gasteiger partial charge on any atom is -0.497 e. The number of aryl methyl sites for hydroxylation is 1. The fourth-order valence-electron chi connectivity index (χ4n) is 3.94. The molecule has 0 N–H and O–H groups in total. The summed E-state index contributed by atoms with van der Waals surface area (Å²) in [6.45, 7) is 5.07. The van der Waals surface area contributed by atoms with Gasteiger partial charge in [0, 0.05) is 30.2 Å². The van der Waals surface area contributed by atoms with Crippen LogP contribution in [0.15, 0.2) is 53.6 Å². The average molecular weight is 484 g/mol. The Hall–Kier alpha value is -2.97. The SMILES string of the molecule is COc1ccc(N(C)CC(C)c2ncnc3c2n(S)c(=O)n3Cc2ccc(C)c(Cl)c2)cc1. The maximum Gasteiger partial charge on any atom is 0.340 e. The standard InChI is InChI=1S/C24H26ClN5O2S/c1-15-5-6-17(11-20(15)25)13-29-23-22(30(33)24(29)31)21(26-14-27-23)16(2)12-28(3)18-7-9-19(32-4)10-8-18/h5-11,14,16,33H,12-13H2,1-4H3. The predicted octanol–water partition coefficient (Wildman–Crippen LogP) is 4.54. The van der Waals surface area contributed by atoms with Gasteiger partial charge in [0.05, 0.1) is 19.3 Å². The first-order valence-corrected chi connectivity index (χ1v) is 11.3. The van der Waals surface area contributed by atoms with Crippen molar-refractivity contribution in [2.75, 3.05) is 25.6 Å². The van der Waals surface area contributed by atoms with Gasteiger partial charge >= 0.3 is 5.69 Å². The van der Waals surface area contributed by atoms with E-state index in [1.165, 1.54) is 10.3 Å². The molecule has 2 aromatic carbocycles. The number of anilines is 1. The molecule has 7 nitrogen and oxygen atoms in total. The number of methoxy groups -OCH3 is 1. The van der Waals surface area contributed by atoms with Crippen molar-refractivity contribution in [2.45, 2.75) is 26.3 Å². The number of ether oxygens (including phenoxy) is 1. The first kappa shape index (κ1) is 23.2. The van der Waals surface area contributed by atoms with E-state index in [4.69, 9.17) is 16.3 Å². The van der Waals surface area contributed by atoms with Gasteiger partial charge in [0.15, 0.2) is 5.65 Å². The minimum atomic E-state index is -0.262. The van der Waals surface area contributed by atoms with Crippen LogP contribution >= 0.6 is 24.4 Å². The monoisotopic (exact) mass is 483 g/mol. The Balaban J connectivity index is 1.66. The Morgan fingerprint density at radius 3 is 2.58 bits per heavy atom. The van der Waals surface area contributed by atoms with Crippen LogP contribution in [0.2, 0.25) is 5.02 Å². The number of hydrogen-bond acceptors (Lipinski definition) is 6. The maximum atomic E-state index is 13.0. The molecular formula is C24H26ClN5O2S. The third-order valence-electron chi connectivity index (χ3n) is 5.82. The van der Waals surface area contributed by atoms with E-state index in [1.54, 1.807) is 11.7 Å². The molecule has 4 aromatic rings. The second-order valence-electron chi connectivity index (χ2n) is 8.17. The van der Waals surface area contributed by atoms with Crippen LogP contribution < -0.4 is 15.3 Å². The lowest BCUT2D eigenvalue weighted by Gasteiger charge is -2.23. The van der Waals surface area contributed by atoms with Gasteiger partial charge < -0.3 is 9.64 Å². The number of fused-ring (bicyclic) bond motifs is 1. The quantitative estimate of drug-likeness (QED) is 0.391. The lowest BCUT2D eigenvalue weighted by Crippen LogP contribution is -2.24. The lowest BCUT2D eigenvalue weighted by atomic mass is 10.1. The zero-order chi connectivity index (χ0) is 23.7. The summed E-state index contributed by atoms with van der Waals surface area (Å²) in [5.74, 6) is 0.832. The van der Waals surface area contributed by atoms with Crippen LogP contribution in [0.5, 0.6) is 5.75 Å². The zero-order valence-corrected chi connectivity index (χ0v) is 20.6. The predicted molar refractivity (Wildman–Crippen MR) is 136 cm³/mol. The molecule has 2 heterocycles. The Morgan fingerprint density at radius 1 is 1.18 bits per heavy atom. The molecule has 0 fully saturated rings. The van der Waals surface area contributed by atoms with E-state index in [-0.39, 0.29) is 11.6 Å². The highest BCUT2D eigenvalue weighted by molar-refractivity contribution is 7.78. The Morgan fingerprint density at radius 2 is 1.91 bits per heavy atom. The number of nitrogens with zero attached hydrogens (tertiary/aromatic N) is 5. The first-order valence-electron chi connectivity index (χ1n) is 10.6. The molecule has 0 aliphatic carbocycles. The van der Waals surface area contributed by atoms with Crippen LogP contribution in [-0.4, -0.2) is 39.2 Å². The number of likely N-dealkylation sites (N-methyl/N-ethyl adjacent to an activating group) is 1. The highest BCUT2D eigenvalue weighted by Gasteiger charge is 2.22. The van der Waals surface area contributed by atoms with Gasteiger partial charge in [-0.15, -0.1) is 0 Å². The normalized spacial score (nSPS) is 12.2. The van der Waals surface area contributed by atoms with Gasteiger partial charge in [0.25, 0.3) is 0 Å². The third-order valence-corrected chi connectivity index (χ3v) is 6.59. The lowest BCUT2D eigenvalue weighted by molar-refractivity contribution is 0.415. The first-order chi connectivity index (χ1) is 15.8. The molecule has 0 aliphatic heterocycles. The summed E-state index contributed by atoms with van der Waals surface area (Å²) in [5.41, 5.74) is 4.65. The van der Waals surface area contributed by atoms with Crippen molar-refractivity contribution in [3.05, 3.63) is 81.1 Å². The van der Waals surface area contributed by atoms with Gasteiger partial charge in [-0.05, 0) is 48.4 Å². The van der Waals surface area contributed by atoms with Gasteiger partial charge in [-0.3, -0.25) is 4.57 Å². The molecule has 0 saturated carbocycles. The van der Waals surface area contributed by atoms with E-state index in [0.717, 1.165) is 28.3 Å². The van der Waals surface area contributed by atoms with Crippen LogP contribution in [0.4, 0.5) is 5.69 Å². The molecule has 1 unspecified atom stereocenters. The summed E-state index contributed by atoms with van der Waals surface area (Å²) in [4.78, 5) is 24.1. The molecule has 2 aromatic heterocycles. The van der Waals surface area contributed by atoms with Crippen LogP contribution in [0.3, 0.4) is 0 Å². The number of imidazole rings is 1. The molecule has 172 valence electrons. The smallest absolute Gasteiger partial charge is 0.340 e. The number of benzene rings is 2. The van der Waals surface area contributed by atoms with E-state index in [1.807, 2.05) is 56.4 Å². The van der Waals surface area contributed by atoms with Crippen LogP contribution in [0.1, 0.15) is 29.7 Å². The van der Waals surface area contributed by atoms with Gasteiger partial charge in [0.2, 0.25) is 0 Å². The minimum absolute atomic E-state index is 0.0186. The largest absolute Gasteiger partial charge is 0.497 e. The van der Waals surface area contributed by atoms with Crippen LogP contribution in [0, 0.1) is 6.92 Å². The zero-order valence-electron chi connectivity index (χ0n) is 19.0. The Labute approximate surface area is 203 Å². The number of rotatable bonds is 7. The molecule has 0 bridgehead atoms.